The quantitative estimate of drug-likeness (QED) is 0.656. The topological polar surface area (TPSA) is 79.0 Å². The molecule has 0 radical (unpaired) electrons. The molecule has 1 heterocycles. The van der Waals surface area contributed by atoms with E-state index in [1.165, 1.54) is 32.1 Å². The molecule has 3 unspecified atom stereocenters. The van der Waals surface area contributed by atoms with Gasteiger partial charge in [-0.05, 0) is 12.3 Å². The number of nitrogens with zero attached hydrogens (tertiary/aromatic N) is 1. The van der Waals surface area contributed by atoms with Crippen LogP contribution in [0.2, 0.25) is 0 Å². The standard InChI is InChI=1S/C15H30N2O3/c16-13(10-12-4-2-1-3-5-12)15(19)14(18)11-17-6-8-20-9-7-17/h12-15,18-19H,1-11,16H2. The van der Waals surface area contributed by atoms with Gasteiger partial charge in [0.05, 0.1) is 25.4 Å². The van der Waals surface area contributed by atoms with E-state index in [9.17, 15) is 10.2 Å². The van der Waals surface area contributed by atoms with E-state index in [0.29, 0.717) is 25.7 Å². The van der Waals surface area contributed by atoms with Crippen LogP contribution in [0.3, 0.4) is 0 Å². The number of aliphatic hydroxyl groups is 2. The summed E-state index contributed by atoms with van der Waals surface area (Å²) in [5.41, 5.74) is 6.10. The molecule has 0 aromatic heterocycles. The number of rotatable bonds is 6. The fourth-order valence-corrected chi connectivity index (χ4v) is 3.39. The Morgan fingerprint density at radius 3 is 2.40 bits per heavy atom. The van der Waals surface area contributed by atoms with Crippen LogP contribution >= 0.6 is 0 Å². The fraction of sp³-hybridized carbons (Fsp3) is 1.00. The maximum absolute atomic E-state index is 10.2. The molecule has 4 N–H and O–H groups in total. The number of hydrogen-bond donors (Lipinski definition) is 3. The summed E-state index contributed by atoms with van der Waals surface area (Å²) in [6.07, 6.45) is 5.59. The van der Waals surface area contributed by atoms with Crippen LogP contribution in [0.4, 0.5) is 0 Å². The van der Waals surface area contributed by atoms with E-state index in [2.05, 4.69) is 4.90 Å². The molecule has 2 fully saturated rings. The van der Waals surface area contributed by atoms with Crippen molar-refractivity contribution in [3.63, 3.8) is 0 Å². The number of morpholine rings is 1. The van der Waals surface area contributed by atoms with Gasteiger partial charge in [0, 0.05) is 25.7 Å². The summed E-state index contributed by atoms with van der Waals surface area (Å²) in [5, 5.41) is 20.4. The van der Waals surface area contributed by atoms with Crippen LogP contribution in [0.5, 0.6) is 0 Å². The first kappa shape index (κ1) is 16.2. The maximum Gasteiger partial charge on any atom is 0.0962 e. The second-order valence-corrected chi connectivity index (χ2v) is 6.37. The van der Waals surface area contributed by atoms with Crippen LogP contribution in [0.15, 0.2) is 0 Å². The van der Waals surface area contributed by atoms with Crippen molar-refractivity contribution in [3.8, 4) is 0 Å². The smallest absolute Gasteiger partial charge is 0.0962 e. The van der Waals surface area contributed by atoms with Gasteiger partial charge >= 0.3 is 0 Å². The lowest BCUT2D eigenvalue weighted by molar-refractivity contribution is -0.0390. The van der Waals surface area contributed by atoms with E-state index >= 15 is 0 Å². The van der Waals surface area contributed by atoms with Crippen molar-refractivity contribution < 1.29 is 14.9 Å². The Kier molecular flexibility index (Phi) is 6.71. The highest BCUT2D eigenvalue weighted by molar-refractivity contribution is 4.84. The normalized spacial score (nSPS) is 27.1. The molecule has 20 heavy (non-hydrogen) atoms. The molecule has 0 amide bonds. The lowest BCUT2D eigenvalue weighted by Gasteiger charge is -2.33. The zero-order valence-electron chi connectivity index (χ0n) is 12.4. The molecule has 5 nitrogen and oxygen atoms in total. The van der Waals surface area contributed by atoms with Gasteiger partial charge in [-0.3, -0.25) is 4.90 Å². The molecule has 2 rings (SSSR count). The van der Waals surface area contributed by atoms with Crippen molar-refractivity contribution in [1.82, 2.24) is 4.90 Å². The summed E-state index contributed by atoms with van der Waals surface area (Å²) >= 11 is 0. The second kappa shape index (κ2) is 8.29. The van der Waals surface area contributed by atoms with Crippen LogP contribution in [0.25, 0.3) is 0 Å². The van der Waals surface area contributed by atoms with E-state index in [1.807, 2.05) is 0 Å². The van der Waals surface area contributed by atoms with Gasteiger partial charge in [0.15, 0.2) is 0 Å². The summed E-state index contributed by atoms with van der Waals surface area (Å²) in [7, 11) is 0. The molecular weight excluding hydrogens is 256 g/mol. The highest BCUT2D eigenvalue weighted by Crippen LogP contribution is 2.27. The lowest BCUT2D eigenvalue weighted by Crippen LogP contribution is -2.50. The van der Waals surface area contributed by atoms with E-state index in [4.69, 9.17) is 10.5 Å². The number of β-amino-alcohol motifs (C(OH)–C–C–N with tert-alkyl or cyclic N) is 1. The Bertz CT molecular complexity index is 240. The molecule has 0 aromatic rings. The average Bonchev–Trinajstić information content (AvgIpc) is 2.48. The van der Waals surface area contributed by atoms with Crippen LogP contribution < -0.4 is 5.73 Å². The minimum atomic E-state index is -0.820. The third-order valence-electron chi connectivity index (χ3n) is 4.71. The average molecular weight is 286 g/mol. The minimum absolute atomic E-state index is 0.311. The Morgan fingerprint density at radius 2 is 1.75 bits per heavy atom. The predicted octanol–water partition coefficient (Wildman–Crippen LogP) is 0.338. The summed E-state index contributed by atoms with van der Waals surface area (Å²) in [6.45, 7) is 3.54. The molecular formula is C15H30N2O3. The third kappa shape index (κ3) is 4.97. The Labute approximate surface area is 122 Å². The summed E-state index contributed by atoms with van der Waals surface area (Å²) in [4.78, 5) is 2.13. The zero-order chi connectivity index (χ0) is 14.4. The highest BCUT2D eigenvalue weighted by Gasteiger charge is 2.28. The van der Waals surface area contributed by atoms with Crippen molar-refractivity contribution in [1.29, 1.82) is 0 Å². The van der Waals surface area contributed by atoms with Crippen molar-refractivity contribution in [2.24, 2.45) is 11.7 Å². The molecule has 0 aromatic carbocycles. The third-order valence-corrected chi connectivity index (χ3v) is 4.71. The first-order chi connectivity index (χ1) is 9.66. The Balaban J connectivity index is 1.71. The van der Waals surface area contributed by atoms with Gasteiger partial charge in [0.2, 0.25) is 0 Å². The first-order valence-electron chi connectivity index (χ1n) is 8.08. The SMILES string of the molecule is NC(CC1CCCCC1)C(O)C(O)CN1CCOCC1. The van der Waals surface area contributed by atoms with Crippen molar-refractivity contribution in [3.05, 3.63) is 0 Å². The molecule has 1 aliphatic carbocycles. The van der Waals surface area contributed by atoms with E-state index in [-0.39, 0.29) is 6.04 Å². The lowest BCUT2D eigenvalue weighted by atomic mass is 9.83. The van der Waals surface area contributed by atoms with Gasteiger partial charge in [-0.15, -0.1) is 0 Å². The van der Waals surface area contributed by atoms with Crippen molar-refractivity contribution in [2.75, 3.05) is 32.8 Å². The molecule has 2 aliphatic rings. The van der Waals surface area contributed by atoms with Crippen LogP contribution in [0.1, 0.15) is 38.5 Å². The fourth-order valence-electron chi connectivity index (χ4n) is 3.39. The van der Waals surface area contributed by atoms with E-state index < -0.39 is 12.2 Å². The van der Waals surface area contributed by atoms with Gasteiger partial charge < -0.3 is 20.7 Å². The first-order valence-corrected chi connectivity index (χ1v) is 8.08. The van der Waals surface area contributed by atoms with Crippen LogP contribution in [-0.4, -0.2) is 66.2 Å². The van der Waals surface area contributed by atoms with Gasteiger partial charge in [0.1, 0.15) is 0 Å². The molecule has 118 valence electrons. The van der Waals surface area contributed by atoms with Crippen LogP contribution in [-0.2, 0) is 4.74 Å². The number of nitrogens with two attached hydrogens (primary N) is 1. The van der Waals surface area contributed by atoms with Gasteiger partial charge in [0.25, 0.3) is 0 Å². The van der Waals surface area contributed by atoms with Crippen LogP contribution in [0, 0.1) is 5.92 Å². The van der Waals surface area contributed by atoms with Gasteiger partial charge in [-0.2, -0.15) is 0 Å². The highest BCUT2D eigenvalue weighted by atomic mass is 16.5. The minimum Gasteiger partial charge on any atom is -0.389 e. The molecule has 5 heteroatoms. The predicted molar refractivity (Wildman–Crippen MR) is 78.4 cm³/mol. The molecule has 1 saturated heterocycles. The van der Waals surface area contributed by atoms with Crippen molar-refractivity contribution >= 4 is 0 Å². The number of hydrogen-bond acceptors (Lipinski definition) is 5. The van der Waals surface area contributed by atoms with Crippen molar-refractivity contribution in [2.45, 2.75) is 56.8 Å². The monoisotopic (exact) mass is 286 g/mol. The molecule has 1 saturated carbocycles. The number of ether oxygens (including phenoxy) is 1. The second-order valence-electron chi connectivity index (χ2n) is 6.37. The Hall–Kier alpha value is -0.200. The molecule has 3 atom stereocenters. The summed E-state index contributed by atoms with van der Waals surface area (Å²) < 4.78 is 5.28. The largest absolute Gasteiger partial charge is 0.389 e. The number of aliphatic hydroxyl groups excluding tert-OH is 2. The Morgan fingerprint density at radius 1 is 1.10 bits per heavy atom. The van der Waals surface area contributed by atoms with E-state index in [1.54, 1.807) is 0 Å². The summed E-state index contributed by atoms with van der Waals surface area (Å²) in [5.74, 6) is 0.629. The van der Waals surface area contributed by atoms with Gasteiger partial charge in [-0.25, -0.2) is 0 Å². The zero-order valence-corrected chi connectivity index (χ0v) is 12.4. The molecule has 0 spiro atoms. The molecule has 0 bridgehead atoms. The van der Waals surface area contributed by atoms with Gasteiger partial charge in [-0.1, -0.05) is 32.1 Å². The summed E-state index contributed by atoms with van der Waals surface area (Å²) in [6, 6.07) is -0.311. The van der Waals surface area contributed by atoms with E-state index in [0.717, 1.165) is 19.5 Å². The molecule has 1 aliphatic heterocycles. The maximum atomic E-state index is 10.2.